The number of rotatable bonds is 15. The van der Waals surface area contributed by atoms with Crippen LogP contribution in [0.1, 0.15) is 60.3 Å². The SMILES string of the molecule is COc1cc(-n2c(C(C)(C)c3ccc4onc(N)c4c3)cnc2SCc2c(F)cc(C(=O)CC(CCCN=C(N)N)C(=O)O)cc2Cl)ccc1F. The number of guanidine groups is 1. The van der Waals surface area contributed by atoms with E-state index in [2.05, 4.69) is 15.1 Å². The predicted molar refractivity (Wildman–Crippen MR) is 192 cm³/mol. The van der Waals surface area contributed by atoms with Crippen molar-refractivity contribution in [3.63, 3.8) is 0 Å². The molecule has 5 aromatic rings. The minimum absolute atomic E-state index is 0.00722. The van der Waals surface area contributed by atoms with Crippen LogP contribution in [0.5, 0.6) is 5.75 Å². The summed E-state index contributed by atoms with van der Waals surface area (Å²) in [5.74, 6) is -3.85. The third-order valence-electron chi connectivity index (χ3n) is 8.58. The Labute approximate surface area is 301 Å². The van der Waals surface area contributed by atoms with Crippen LogP contribution in [0.25, 0.3) is 16.7 Å². The van der Waals surface area contributed by atoms with Crippen molar-refractivity contribution in [3.8, 4) is 11.4 Å². The number of carbonyl (C=O) groups excluding carboxylic acids is 1. The summed E-state index contributed by atoms with van der Waals surface area (Å²) < 4.78 is 42.5. The van der Waals surface area contributed by atoms with Gasteiger partial charge in [-0.25, -0.2) is 13.8 Å². The summed E-state index contributed by atoms with van der Waals surface area (Å²) in [5, 5.41) is 14.6. The van der Waals surface area contributed by atoms with E-state index in [1.54, 1.807) is 24.4 Å². The molecule has 0 fully saturated rings. The molecule has 0 saturated heterocycles. The number of carboxylic acid groups (broad SMARTS) is 1. The lowest BCUT2D eigenvalue weighted by atomic mass is 9.81. The standard InChI is InChI=1S/C35H36ClF2N7O5S/c1-35(2,20-6-9-28-22(14-20)31(39)44-50-28)30-16-43-34(45(30)21-7-8-25(37)29(15-21)49-3)51-17-23-24(36)11-19(12-26(23)38)27(46)13-18(32(47)48)5-4-10-42-33(40)41/h6-9,11-12,14-16,18H,4-5,10,13,17H2,1-3H3,(H2,39,44)(H,47,48)(H4,40,41,42). The number of imidazole rings is 1. The van der Waals surface area contributed by atoms with E-state index < -0.39 is 34.7 Å². The zero-order valence-electron chi connectivity index (χ0n) is 28.0. The van der Waals surface area contributed by atoms with E-state index in [1.807, 2.05) is 30.5 Å². The van der Waals surface area contributed by atoms with Crippen LogP contribution < -0.4 is 21.9 Å². The lowest BCUT2D eigenvalue weighted by Gasteiger charge is -2.27. The van der Waals surface area contributed by atoms with Gasteiger partial charge in [0.2, 0.25) is 0 Å². The Bertz CT molecular complexity index is 2110. The number of hydrogen-bond acceptors (Lipinski definition) is 9. The number of methoxy groups -OCH3 is 1. The Hall–Kier alpha value is -5.15. The number of nitrogens with two attached hydrogens (primary N) is 3. The molecule has 0 amide bonds. The molecule has 12 nitrogen and oxygen atoms in total. The molecule has 0 aliphatic carbocycles. The van der Waals surface area contributed by atoms with Crippen molar-refractivity contribution in [1.29, 1.82) is 0 Å². The monoisotopic (exact) mass is 739 g/mol. The third kappa shape index (κ3) is 8.10. The van der Waals surface area contributed by atoms with Crippen LogP contribution in [0, 0.1) is 17.6 Å². The molecule has 1 unspecified atom stereocenters. The molecule has 16 heteroatoms. The molecule has 0 radical (unpaired) electrons. The second-order valence-corrected chi connectivity index (χ2v) is 13.7. The van der Waals surface area contributed by atoms with Crippen molar-refractivity contribution < 1.29 is 32.7 Å². The maximum absolute atomic E-state index is 15.6. The van der Waals surface area contributed by atoms with E-state index in [0.717, 1.165) is 11.6 Å². The molecule has 3 aromatic carbocycles. The number of ketones is 1. The molecule has 5 rings (SSSR count). The minimum atomic E-state index is -1.16. The average molecular weight is 740 g/mol. The summed E-state index contributed by atoms with van der Waals surface area (Å²) in [6.07, 6.45) is 1.83. The number of aromatic nitrogens is 3. The molecule has 7 N–H and O–H groups in total. The van der Waals surface area contributed by atoms with Gasteiger partial charge in [-0.2, -0.15) is 0 Å². The van der Waals surface area contributed by atoms with E-state index in [1.165, 1.54) is 31.0 Å². The van der Waals surface area contributed by atoms with Crippen LogP contribution in [-0.2, 0) is 16.0 Å². The lowest BCUT2D eigenvalue weighted by Crippen LogP contribution is -2.23. The molecular formula is C35H36ClF2N7O5S. The fourth-order valence-corrected chi connectivity index (χ4v) is 7.03. The number of carbonyl (C=O) groups is 2. The van der Waals surface area contributed by atoms with Crippen molar-refractivity contribution in [2.75, 3.05) is 19.4 Å². The predicted octanol–water partition coefficient (Wildman–Crippen LogP) is 6.48. The van der Waals surface area contributed by atoms with Crippen LogP contribution >= 0.6 is 23.4 Å². The fourth-order valence-electron chi connectivity index (χ4n) is 5.65. The number of aliphatic imine (C=N–C) groups is 1. The lowest BCUT2D eigenvalue weighted by molar-refractivity contribution is -0.141. The van der Waals surface area contributed by atoms with Gasteiger partial charge in [0.25, 0.3) is 0 Å². The molecule has 51 heavy (non-hydrogen) atoms. The van der Waals surface area contributed by atoms with E-state index in [9.17, 15) is 19.1 Å². The van der Waals surface area contributed by atoms with Gasteiger partial charge in [0.05, 0.1) is 36.0 Å². The number of carboxylic acids is 1. The highest BCUT2D eigenvalue weighted by Gasteiger charge is 2.31. The normalized spacial score (nSPS) is 12.2. The van der Waals surface area contributed by atoms with Crippen molar-refractivity contribution in [2.24, 2.45) is 22.4 Å². The number of thioether (sulfide) groups is 1. The number of anilines is 1. The second kappa shape index (κ2) is 15.4. The third-order valence-corrected chi connectivity index (χ3v) is 9.89. The summed E-state index contributed by atoms with van der Waals surface area (Å²) in [7, 11) is 1.37. The van der Waals surface area contributed by atoms with Crippen molar-refractivity contribution >= 4 is 57.9 Å². The molecule has 0 aliphatic rings. The van der Waals surface area contributed by atoms with E-state index in [0.29, 0.717) is 33.9 Å². The molecule has 0 aliphatic heterocycles. The Morgan fingerprint density at radius 3 is 2.59 bits per heavy atom. The first-order valence-corrected chi connectivity index (χ1v) is 17.1. The maximum atomic E-state index is 15.6. The van der Waals surface area contributed by atoms with Crippen LogP contribution in [0.2, 0.25) is 5.02 Å². The number of Topliss-reactive ketones (excluding diaryl/α,β-unsaturated/α-hetero) is 1. The van der Waals surface area contributed by atoms with Gasteiger partial charge < -0.3 is 31.6 Å². The summed E-state index contributed by atoms with van der Waals surface area (Å²) in [6.45, 7) is 4.20. The number of halogens is 3. The van der Waals surface area contributed by atoms with Gasteiger partial charge in [-0.1, -0.05) is 48.4 Å². The molecule has 0 bridgehead atoms. The number of ether oxygens (including phenoxy) is 1. The first kappa shape index (κ1) is 37.1. The number of benzene rings is 3. The van der Waals surface area contributed by atoms with Gasteiger partial charge in [-0.05, 0) is 54.8 Å². The Balaban J connectivity index is 1.44. The van der Waals surface area contributed by atoms with Crippen LogP contribution in [0.4, 0.5) is 14.6 Å². The number of fused-ring (bicyclic) bond motifs is 1. The van der Waals surface area contributed by atoms with E-state index >= 15 is 4.39 Å². The fraction of sp³-hybridized carbons (Fsp3) is 0.286. The van der Waals surface area contributed by atoms with Gasteiger partial charge in [-0.15, -0.1) is 0 Å². The smallest absolute Gasteiger partial charge is 0.306 e. The van der Waals surface area contributed by atoms with E-state index in [4.69, 9.17) is 38.1 Å². The number of nitrogen functional groups attached to an aromatic ring is 1. The highest BCUT2D eigenvalue weighted by Crippen LogP contribution is 2.40. The molecule has 2 aromatic heterocycles. The zero-order chi connectivity index (χ0) is 37.0. The summed E-state index contributed by atoms with van der Waals surface area (Å²) in [4.78, 5) is 33.3. The van der Waals surface area contributed by atoms with Crippen molar-refractivity contribution in [3.05, 3.63) is 93.8 Å². The van der Waals surface area contributed by atoms with Gasteiger partial charge >= 0.3 is 5.97 Å². The largest absolute Gasteiger partial charge is 0.494 e. The van der Waals surface area contributed by atoms with Crippen LogP contribution in [-0.4, -0.2) is 51.2 Å². The molecular weight excluding hydrogens is 704 g/mol. The van der Waals surface area contributed by atoms with Crippen molar-refractivity contribution in [1.82, 2.24) is 14.7 Å². The number of nitrogens with zero attached hydrogens (tertiary/aromatic N) is 4. The minimum Gasteiger partial charge on any atom is -0.494 e. The van der Waals surface area contributed by atoms with Gasteiger partial charge in [0.15, 0.2) is 39.9 Å². The molecule has 2 heterocycles. The molecule has 0 spiro atoms. The Morgan fingerprint density at radius 1 is 1.14 bits per heavy atom. The van der Waals surface area contributed by atoms with Gasteiger partial charge in [-0.3, -0.25) is 19.1 Å². The average Bonchev–Trinajstić information content (AvgIpc) is 3.69. The highest BCUT2D eigenvalue weighted by atomic mass is 35.5. The van der Waals surface area contributed by atoms with Crippen LogP contribution in [0.3, 0.4) is 0 Å². The second-order valence-electron chi connectivity index (χ2n) is 12.3. The zero-order valence-corrected chi connectivity index (χ0v) is 29.5. The summed E-state index contributed by atoms with van der Waals surface area (Å²) >= 11 is 7.71. The summed E-state index contributed by atoms with van der Waals surface area (Å²) in [5.41, 5.74) is 18.7. The molecule has 268 valence electrons. The molecule has 0 saturated carbocycles. The number of aliphatic carboxylic acids is 1. The maximum Gasteiger partial charge on any atom is 0.306 e. The first-order chi connectivity index (χ1) is 24.2. The quantitative estimate of drug-likeness (QED) is 0.0301. The van der Waals surface area contributed by atoms with Gasteiger partial charge in [0.1, 0.15) is 5.82 Å². The number of hydrogen-bond donors (Lipinski definition) is 4. The Kier molecular flexibility index (Phi) is 11.2. The van der Waals surface area contributed by atoms with Crippen LogP contribution in [0.15, 0.2) is 69.4 Å². The summed E-state index contributed by atoms with van der Waals surface area (Å²) in [6, 6.07) is 12.4. The topological polar surface area (TPSA) is 198 Å². The molecule has 1 atom stereocenters. The van der Waals surface area contributed by atoms with E-state index in [-0.39, 0.29) is 58.8 Å². The highest BCUT2D eigenvalue weighted by molar-refractivity contribution is 7.98. The Morgan fingerprint density at radius 2 is 1.90 bits per heavy atom. The first-order valence-electron chi connectivity index (χ1n) is 15.7. The van der Waals surface area contributed by atoms with Crippen molar-refractivity contribution in [2.45, 2.75) is 49.4 Å². The van der Waals surface area contributed by atoms with Gasteiger partial charge in [0, 0.05) is 46.3 Å².